The minimum Gasteiger partial charge on any atom is -0.396 e. The van der Waals surface area contributed by atoms with Gasteiger partial charge in [-0.3, -0.25) is 4.90 Å². The predicted octanol–water partition coefficient (Wildman–Crippen LogP) is 2.92. The lowest BCUT2D eigenvalue weighted by atomic mass is 10.2. The van der Waals surface area contributed by atoms with Crippen molar-refractivity contribution in [1.29, 1.82) is 0 Å². The zero-order chi connectivity index (χ0) is 21.3. The van der Waals surface area contributed by atoms with Crippen LogP contribution in [0, 0.1) is 0 Å². The fourth-order valence-electron chi connectivity index (χ4n) is 3.22. The Bertz CT molecular complexity index is 950. The molecule has 1 aliphatic heterocycles. The quantitative estimate of drug-likeness (QED) is 0.227. The Balaban J connectivity index is 1.45. The lowest BCUT2D eigenvalue weighted by molar-refractivity contribution is 0.0398. The molecular formula is C21H28N6O2S2. The third kappa shape index (κ3) is 6.50. The SMILES string of the molecule is OCCCNc1nc(SCc2ccccc2)nc2nc(NCCN3CCOCC3)sc12. The Morgan fingerprint density at radius 1 is 1.06 bits per heavy atom. The smallest absolute Gasteiger partial charge is 0.191 e. The van der Waals surface area contributed by atoms with Crippen molar-refractivity contribution in [3.05, 3.63) is 35.9 Å². The molecule has 2 aromatic heterocycles. The Kier molecular flexibility index (Phi) is 8.31. The zero-order valence-electron chi connectivity index (χ0n) is 17.4. The number of hydrogen-bond acceptors (Lipinski definition) is 10. The van der Waals surface area contributed by atoms with E-state index in [1.807, 2.05) is 18.2 Å². The molecule has 0 spiro atoms. The van der Waals surface area contributed by atoms with Gasteiger partial charge in [0.25, 0.3) is 0 Å². The van der Waals surface area contributed by atoms with Crippen molar-refractivity contribution in [3.8, 4) is 0 Å². The molecule has 8 nitrogen and oxygen atoms in total. The van der Waals surface area contributed by atoms with Crippen molar-refractivity contribution in [2.24, 2.45) is 0 Å². The van der Waals surface area contributed by atoms with Crippen molar-refractivity contribution in [2.45, 2.75) is 17.3 Å². The summed E-state index contributed by atoms with van der Waals surface area (Å²) < 4.78 is 6.35. The molecule has 3 aromatic rings. The average molecular weight is 461 g/mol. The van der Waals surface area contributed by atoms with Gasteiger partial charge in [-0.25, -0.2) is 9.97 Å². The molecule has 0 radical (unpaired) electrons. The molecule has 0 saturated carbocycles. The first-order valence-corrected chi connectivity index (χ1v) is 12.4. The monoisotopic (exact) mass is 460 g/mol. The van der Waals surface area contributed by atoms with E-state index in [-0.39, 0.29) is 6.61 Å². The summed E-state index contributed by atoms with van der Waals surface area (Å²) in [5, 5.41) is 17.5. The number of aliphatic hydroxyl groups excluding tert-OH is 1. The number of nitrogens with zero attached hydrogens (tertiary/aromatic N) is 4. The standard InChI is InChI=1S/C21H28N6O2S2/c28-12-4-7-22-18-17-19(26-21(24-18)30-15-16-5-2-1-3-6-16)25-20(31-17)23-8-9-27-10-13-29-14-11-27/h1-3,5-6,28H,4,7-15H2,(H2,22,23,24,25,26). The molecule has 4 rings (SSSR count). The van der Waals surface area contributed by atoms with Gasteiger partial charge >= 0.3 is 0 Å². The molecule has 3 heterocycles. The number of thiazole rings is 1. The summed E-state index contributed by atoms with van der Waals surface area (Å²) in [5.41, 5.74) is 1.94. The average Bonchev–Trinajstić information content (AvgIpc) is 3.22. The second-order valence-electron chi connectivity index (χ2n) is 7.19. The van der Waals surface area contributed by atoms with Crippen LogP contribution in [0.25, 0.3) is 10.3 Å². The Labute approximate surface area is 190 Å². The molecule has 31 heavy (non-hydrogen) atoms. The molecule has 1 saturated heterocycles. The predicted molar refractivity (Wildman–Crippen MR) is 127 cm³/mol. The van der Waals surface area contributed by atoms with Crippen molar-refractivity contribution in [3.63, 3.8) is 0 Å². The Morgan fingerprint density at radius 2 is 1.90 bits per heavy atom. The molecular weight excluding hydrogens is 432 g/mol. The fourth-order valence-corrected chi connectivity index (χ4v) is 4.91. The molecule has 0 aliphatic carbocycles. The number of rotatable bonds is 11. The first-order chi connectivity index (χ1) is 15.3. The van der Waals surface area contributed by atoms with E-state index in [9.17, 15) is 0 Å². The van der Waals surface area contributed by atoms with Gasteiger partial charge in [0, 0.05) is 45.1 Å². The first kappa shape index (κ1) is 22.2. The first-order valence-electron chi connectivity index (χ1n) is 10.6. The van der Waals surface area contributed by atoms with Gasteiger partial charge in [-0.1, -0.05) is 53.4 Å². The van der Waals surface area contributed by atoms with E-state index in [1.54, 1.807) is 23.1 Å². The number of anilines is 2. The molecule has 0 atom stereocenters. The van der Waals surface area contributed by atoms with E-state index >= 15 is 0 Å². The number of nitrogens with one attached hydrogen (secondary N) is 2. The van der Waals surface area contributed by atoms with E-state index in [1.165, 1.54) is 5.56 Å². The number of thioether (sulfide) groups is 1. The number of benzene rings is 1. The van der Waals surface area contributed by atoms with Gasteiger partial charge in [0.15, 0.2) is 21.8 Å². The van der Waals surface area contributed by atoms with Gasteiger partial charge in [-0.15, -0.1) is 0 Å². The summed E-state index contributed by atoms with van der Waals surface area (Å²) in [5.74, 6) is 1.59. The molecule has 0 bridgehead atoms. The van der Waals surface area contributed by atoms with Gasteiger partial charge in [0.1, 0.15) is 4.70 Å². The summed E-state index contributed by atoms with van der Waals surface area (Å²) in [6.45, 7) is 6.17. The molecule has 0 amide bonds. The van der Waals surface area contributed by atoms with E-state index < -0.39 is 0 Å². The van der Waals surface area contributed by atoms with Gasteiger partial charge < -0.3 is 20.5 Å². The normalized spacial score (nSPS) is 14.7. The van der Waals surface area contributed by atoms with Gasteiger partial charge in [-0.2, -0.15) is 4.98 Å². The van der Waals surface area contributed by atoms with Crippen LogP contribution in [0.3, 0.4) is 0 Å². The summed E-state index contributed by atoms with van der Waals surface area (Å²) >= 11 is 3.17. The minimum atomic E-state index is 0.147. The van der Waals surface area contributed by atoms with Crippen LogP contribution in [0.5, 0.6) is 0 Å². The third-order valence-corrected chi connectivity index (χ3v) is 6.81. The van der Waals surface area contributed by atoms with Crippen molar-refractivity contribution < 1.29 is 9.84 Å². The molecule has 1 aliphatic rings. The van der Waals surface area contributed by atoms with E-state index in [0.29, 0.717) is 23.8 Å². The Morgan fingerprint density at radius 3 is 2.71 bits per heavy atom. The van der Waals surface area contributed by atoms with E-state index in [4.69, 9.17) is 24.8 Å². The van der Waals surface area contributed by atoms with Gasteiger partial charge in [-0.05, 0) is 12.0 Å². The molecule has 1 aromatic carbocycles. The van der Waals surface area contributed by atoms with E-state index in [2.05, 4.69) is 27.7 Å². The number of morpholine rings is 1. The number of aliphatic hydroxyl groups is 1. The topological polar surface area (TPSA) is 95.4 Å². The number of ether oxygens (including phenoxy) is 1. The third-order valence-electron chi connectivity index (χ3n) is 4.88. The number of aromatic nitrogens is 3. The summed E-state index contributed by atoms with van der Waals surface area (Å²) in [4.78, 5) is 16.5. The lowest BCUT2D eigenvalue weighted by Crippen LogP contribution is -2.38. The van der Waals surface area contributed by atoms with Crippen molar-refractivity contribution in [2.75, 3.05) is 63.2 Å². The largest absolute Gasteiger partial charge is 0.396 e. The number of hydrogen-bond donors (Lipinski definition) is 3. The lowest BCUT2D eigenvalue weighted by Gasteiger charge is -2.26. The fraction of sp³-hybridized carbons (Fsp3) is 0.476. The van der Waals surface area contributed by atoms with Crippen LogP contribution in [0.2, 0.25) is 0 Å². The van der Waals surface area contributed by atoms with E-state index in [0.717, 1.165) is 60.8 Å². The van der Waals surface area contributed by atoms with Gasteiger partial charge in [0.2, 0.25) is 0 Å². The second-order valence-corrected chi connectivity index (χ2v) is 9.13. The van der Waals surface area contributed by atoms with Crippen LogP contribution in [-0.4, -0.2) is 77.5 Å². The maximum Gasteiger partial charge on any atom is 0.191 e. The second kappa shape index (κ2) is 11.6. The number of fused-ring (bicyclic) bond motifs is 1. The van der Waals surface area contributed by atoms with Crippen LogP contribution in [0.1, 0.15) is 12.0 Å². The van der Waals surface area contributed by atoms with Crippen molar-refractivity contribution >= 4 is 44.4 Å². The maximum atomic E-state index is 9.12. The summed E-state index contributed by atoms with van der Waals surface area (Å²) in [7, 11) is 0. The van der Waals surface area contributed by atoms with Crippen LogP contribution in [0.4, 0.5) is 10.9 Å². The van der Waals surface area contributed by atoms with Crippen LogP contribution < -0.4 is 10.6 Å². The maximum absolute atomic E-state index is 9.12. The summed E-state index contributed by atoms with van der Waals surface area (Å²) in [6, 6.07) is 10.3. The van der Waals surface area contributed by atoms with Crippen LogP contribution in [0.15, 0.2) is 35.5 Å². The summed E-state index contributed by atoms with van der Waals surface area (Å²) in [6.07, 6.45) is 0.668. The van der Waals surface area contributed by atoms with Gasteiger partial charge in [0.05, 0.1) is 13.2 Å². The highest BCUT2D eigenvalue weighted by molar-refractivity contribution is 7.98. The molecule has 1 fully saturated rings. The van der Waals surface area contributed by atoms with Crippen molar-refractivity contribution in [1.82, 2.24) is 19.9 Å². The molecule has 10 heteroatoms. The Hall–Kier alpha value is -1.98. The zero-order valence-corrected chi connectivity index (χ0v) is 19.1. The van der Waals surface area contributed by atoms with Crippen LogP contribution >= 0.6 is 23.1 Å². The highest BCUT2D eigenvalue weighted by Crippen LogP contribution is 2.32. The highest BCUT2D eigenvalue weighted by Gasteiger charge is 2.15. The molecule has 0 unspecified atom stereocenters. The highest BCUT2D eigenvalue weighted by atomic mass is 32.2. The molecule has 3 N–H and O–H groups in total. The minimum absolute atomic E-state index is 0.147. The molecule has 166 valence electrons. The van der Waals surface area contributed by atoms with Crippen LogP contribution in [-0.2, 0) is 10.5 Å².